The molecule has 0 spiro atoms. The Labute approximate surface area is 228 Å². The summed E-state index contributed by atoms with van der Waals surface area (Å²) >= 11 is 0. The maximum Gasteiger partial charge on any atom is 0.224 e. The van der Waals surface area contributed by atoms with E-state index in [0.717, 1.165) is 39.5 Å². The summed E-state index contributed by atoms with van der Waals surface area (Å²) in [6, 6.07) is 27.5. The molecule has 39 heavy (non-hydrogen) atoms. The van der Waals surface area contributed by atoms with Crippen LogP contribution >= 0.6 is 0 Å². The zero-order valence-corrected chi connectivity index (χ0v) is 22.3. The Morgan fingerprint density at radius 1 is 0.846 bits per heavy atom. The molecule has 0 bridgehead atoms. The van der Waals surface area contributed by atoms with Crippen molar-refractivity contribution < 1.29 is 19.0 Å². The molecule has 1 N–H and O–H groups in total. The normalized spacial score (nSPS) is 10.8. The molecule has 0 aliphatic carbocycles. The van der Waals surface area contributed by atoms with Gasteiger partial charge in [0.1, 0.15) is 11.4 Å². The zero-order valence-electron chi connectivity index (χ0n) is 22.3. The molecule has 5 aromatic rings. The third kappa shape index (κ3) is 5.72. The number of hydrogen-bond donors (Lipinski definition) is 1. The van der Waals surface area contributed by atoms with Crippen molar-refractivity contribution in [3.63, 3.8) is 0 Å². The van der Waals surface area contributed by atoms with E-state index in [1.54, 1.807) is 32.4 Å². The molecule has 0 unspecified atom stereocenters. The molecule has 7 heteroatoms. The number of carbonyl (C=O) groups is 1. The quantitative estimate of drug-likeness (QED) is 0.223. The fourth-order valence-electron chi connectivity index (χ4n) is 4.63. The van der Waals surface area contributed by atoms with Crippen molar-refractivity contribution in [1.29, 1.82) is 0 Å². The van der Waals surface area contributed by atoms with E-state index in [9.17, 15) is 4.79 Å². The second-order valence-electron chi connectivity index (χ2n) is 9.00. The number of methoxy groups -OCH3 is 2. The van der Waals surface area contributed by atoms with Gasteiger partial charge < -0.3 is 23.9 Å². The van der Waals surface area contributed by atoms with Gasteiger partial charge >= 0.3 is 0 Å². The molecular formula is C32H31N3O4. The Bertz CT molecular complexity index is 1590. The van der Waals surface area contributed by atoms with Crippen LogP contribution < -0.4 is 19.5 Å². The van der Waals surface area contributed by atoms with Crippen molar-refractivity contribution in [2.75, 3.05) is 26.1 Å². The first kappa shape index (κ1) is 25.9. The van der Waals surface area contributed by atoms with E-state index in [1.165, 1.54) is 0 Å². The molecule has 3 aromatic carbocycles. The number of pyridine rings is 1. The number of amides is 1. The van der Waals surface area contributed by atoms with Crippen molar-refractivity contribution in [1.82, 2.24) is 9.38 Å². The predicted octanol–water partition coefficient (Wildman–Crippen LogP) is 6.66. The Morgan fingerprint density at radius 3 is 2.41 bits per heavy atom. The van der Waals surface area contributed by atoms with Gasteiger partial charge in [-0.15, -0.1) is 0 Å². The first-order chi connectivity index (χ1) is 19.1. The Kier molecular flexibility index (Phi) is 7.78. The van der Waals surface area contributed by atoms with Gasteiger partial charge in [0.05, 0.1) is 32.2 Å². The third-order valence-corrected chi connectivity index (χ3v) is 6.50. The highest BCUT2D eigenvalue weighted by Crippen LogP contribution is 2.31. The van der Waals surface area contributed by atoms with Crippen molar-refractivity contribution in [3.05, 3.63) is 96.8 Å². The molecular weight excluding hydrogens is 490 g/mol. The average Bonchev–Trinajstić information content (AvgIpc) is 3.34. The van der Waals surface area contributed by atoms with Crippen LogP contribution in [0.2, 0.25) is 0 Å². The highest BCUT2D eigenvalue weighted by molar-refractivity contribution is 5.91. The molecule has 0 fully saturated rings. The fourth-order valence-corrected chi connectivity index (χ4v) is 4.63. The van der Waals surface area contributed by atoms with E-state index in [-0.39, 0.29) is 12.3 Å². The van der Waals surface area contributed by atoms with E-state index in [2.05, 4.69) is 28.0 Å². The smallest absolute Gasteiger partial charge is 0.224 e. The lowest BCUT2D eigenvalue weighted by Gasteiger charge is -2.11. The molecule has 5 rings (SSSR count). The van der Waals surface area contributed by atoms with Gasteiger partial charge in [-0.3, -0.25) is 4.79 Å². The number of nitrogens with zero attached hydrogens (tertiary/aromatic N) is 2. The van der Waals surface area contributed by atoms with Crippen LogP contribution in [0.25, 0.3) is 28.0 Å². The van der Waals surface area contributed by atoms with Gasteiger partial charge in [-0.1, -0.05) is 42.5 Å². The first-order valence-electron chi connectivity index (χ1n) is 12.9. The van der Waals surface area contributed by atoms with Crippen LogP contribution in [0.4, 0.5) is 5.69 Å². The lowest BCUT2D eigenvalue weighted by atomic mass is 10.1. The largest absolute Gasteiger partial charge is 0.494 e. The summed E-state index contributed by atoms with van der Waals surface area (Å²) in [6.45, 7) is 2.59. The lowest BCUT2D eigenvalue weighted by Crippen LogP contribution is -2.13. The van der Waals surface area contributed by atoms with Gasteiger partial charge in [0, 0.05) is 29.9 Å². The van der Waals surface area contributed by atoms with E-state index in [1.807, 2.05) is 61.5 Å². The second-order valence-corrected chi connectivity index (χ2v) is 9.00. The molecule has 1 amide bonds. The van der Waals surface area contributed by atoms with E-state index < -0.39 is 0 Å². The molecule has 0 saturated carbocycles. The average molecular weight is 522 g/mol. The van der Waals surface area contributed by atoms with E-state index >= 15 is 0 Å². The molecule has 7 nitrogen and oxygen atoms in total. The number of anilines is 1. The minimum Gasteiger partial charge on any atom is -0.494 e. The minimum atomic E-state index is -0.100. The lowest BCUT2D eigenvalue weighted by molar-refractivity contribution is -0.116. The number of imidazole rings is 1. The summed E-state index contributed by atoms with van der Waals surface area (Å²) in [5.41, 5.74) is 6.42. The Hall–Kier alpha value is -4.78. The molecule has 0 radical (unpaired) electrons. The Balaban J connectivity index is 1.46. The fraction of sp³-hybridized carbons (Fsp3) is 0.188. The monoisotopic (exact) mass is 521 g/mol. The molecule has 0 aliphatic rings. The van der Waals surface area contributed by atoms with E-state index in [4.69, 9.17) is 19.2 Å². The number of nitrogens with one attached hydrogen (secondary N) is 1. The number of fused-ring (bicyclic) bond motifs is 1. The van der Waals surface area contributed by atoms with Crippen LogP contribution in [0.3, 0.4) is 0 Å². The Morgan fingerprint density at radius 2 is 1.64 bits per heavy atom. The highest BCUT2D eigenvalue weighted by Gasteiger charge is 2.17. The number of carbonyl (C=O) groups excluding carboxylic acids is 1. The number of benzene rings is 3. The maximum absolute atomic E-state index is 13.0. The van der Waals surface area contributed by atoms with Crippen molar-refractivity contribution in [3.8, 4) is 39.6 Å². The summed E-state index contributed by atoms with van der Waals surface area (Å²) in [5.74, 6) is 1.90. The highest BCUT2D eigenvalue weighted by atomic mass is 16.5. The van der Waals surface area contributed by atoms with Crippen LogP contribution in [0.1, 0.15) is 19.0 Å². The van der Waals surface area contributed by atoms with Crippen molar-refractivity contribution >= 4 is 17.2 Å². The topological polar surface area (TPSA) is 74.1 Å². The third-order valence-electron chi connectivity index (χ3n) is 6.50. The summed E-state index contributed by atoms with van der Waals surface area (Å²) in [4.78, 5) is 18.0. The SMILES string of the molecule is CCOc1cccc(-c2ccc3nc(-c4ccccc4)c(CCC(=O)Nc4ccc(OC)c(OC)c4)n3c2)c1. The second kappa shape index (κ2) is 11.7. The van der Waals surface area contributed by atoms with Crippen LogP contribution in [0.5, 0.6) is 17.2 Å². The zero-order chi connectivity index (χ0) is 27.2. The van der Waals surface area contributed by atoms with E-state index in [0.29, 0.717) is 30.2 Å². The summed E-state index contributed by atoms with van der Waals surface area (Å²) in [7, 11) is 3.15. The van der Waals surface area contributed by atoms with Crippen molar-refractivity contribution in [2.45, 2.75) is 19.8 Å². The number of rotatable bonds is 10. The molecule has 2 aromatic heterocycles. The van der Waals surface area contributed by atoms with Gasteiger partial charge in [0.25, 0.3) is 0 Å². The van der Waals surface area contributed by atoms with Crippen molar-refractivity contribution in [2.24, 2.45) is 0 Å². The molecule has 0 saturated heterocycles. The molecule has 0 aliphatic heterocycles. The predicted molar refractivity (Wildman–Crippen MR) is 154 cm³/mol. The van der Waals surface area contributed by atoms with Crippen LogP contribution in [0, 0.1) is 0 Å². The van der Waals surface area contributed by atoms with Gasteiger partial charge in [-0.05, 0) is 60.9 Å². The summed E-state index contributed by atoms with van der Waals surface area (Å²) in [5, 5.41) is 2.98. The maximum atomic E-state index is 13.0. The first-order valence-corrected chi connectivity index (χ1v) is 12.9. The van der Waals surface area contributed by atoms with Crippen LogP contribution in [-0.4, -0.2) is 36.1 Å². The summed E-state index contributed by atoms with van der Waals surface area (Å²) in [6.07, 6.45) is 2.88. The van der Waals surface area contributed by atoms with Crippen LogP contribution in [0.15, 0.2) is 91.1 Å². The molecule has 2 heterocycles. The van der Waals surface area contributed by atoms with Gasteiger partial charge in [-0.2, -0.15) is 0 Å². The van der Waals surface area contributed by atoms with Crippen LogP contribution in [-0.2, 0) is 11.2 Å². The standard InChI is InChI=1S/C32H31N3O4/c1-4-39-26-12-8-11-23(19-26)24-13-17-30-34-32(22-9-6-5-7-10-22)27(35(30)21-24)15-18-31(36)33-25-14-16-28(37-2)29(20-25)38-3/h5-14,16-17,19-21H,4,15,18H2,1-3H3,(H,33,36). The number of aromatic nitrogens is 2. The van der Waals surface area contributed by atoms with Gasteiger partial charge in [-0.25, -0.2) is 4.98 Å². The number of ether oxygens (including phenoxy) is 3. The number of aryl methyl sites for hydroxylation is 1. The molecule has 0 atom stereocenters. The van der Waals surface area contributed by atoms with Gasteiger partial charge in [0.2, 0.25) is 5.91 Å². The molecule has 198 valence electrons. The minimum absolute atomic E-state index is 0.100. The summed E-state index contributed by atoms with van der Waals surface area (Å²) < 4.78 is 18.5. The van der Waals surface area contributed by atoms with Gasteiger partial charge in [0.15, 0.2) is 11.5 Å². The number of hydrogen-bond acceptors (Lipinski definition) is 5.